The Hall–Kier alpha value is -2.25. The van der Waals surface area contributed by atoms with Crippen molar-refractivity contribution < 1.29 is 0 Å². The van der Waals surface area contributed by atoms with Gasteiger partial charge in [-0.3, -0.25) is 4.79 Å². The Labute approximate surface area is 122 Å². The number of rotatable bonds is 2. The number of nitrogen functional groups attached to an aromatic ring is 1. The number of benzene rings is 1. The molecule has 0 amide bonds. The van der Waals surface area contributed by atoms with Gasteiger partial charge < -0.3 is 5.73 Å². The lowest BCUT2D eigenvalue weighted by atomic mass is 10.1. The van der Waals surface area contributed by atoms with Gasteiger partial charge in [-0.05, 0) is 18.2 Å². The average molecular weight is 306 g/mol. The van der Waals surface area contributed by atoms with E-state index in [-0.39, 0.29) is 5.56 Å². The summed E-state index contributed by atoms with van der Waals surface area (Å²) in [6.07, 6.45) is 0. The molecule has 20 heavy (non-hydrogen) atoms. The minimum Gasteiger partial charge on any atom is -0.374 e. The second-order valence-electron chi connectivity index (χ2n) is 3.95. The molecule has 6 nitrogen and oxygen atoms in total. The van der Waals surface area contributed by atoms with E-state index in [2.05, 4.69) is 20.4 Å². The van der Waals surface area contributed by atoms with Crippen molar-refractivity contribution in [3.05, 3.63) is 45.7 Å². The van der Waals surface area contributed by atoms with Crippen molar-refractivity contribution >= 4 is 28.1 Å². The number of nitrogens with two attached hydrogens (primary N) is 1. The first-order chi connectivity index (χ1) is 9.63. The molecule has 0 saturated carbocycles. The third-order valence-corrected chi connectivity index (χ3v) is 3.65. The molecule has 0 bridgehead atoms. The van der Waals surface area contributed by atoms with E-state index in [1.54, 1.807) is 18.2 Å². The van der Waals surface area contributed by atoms with Crippen LogP contribution >= 0.6 is 22.9 Å². The third-order valence-electron chi connectivity index (χ3n) is 2.61. The Balaban J connectivity index is 2.11. The van der Waals surface area contributed by atoms with E-state index in [4.69, 9.17) is 17.3 Å². The van der Waals surface area contributed by atoms with E-state index in [1.165, 1.54) is 0 Å². The molecule has 0 atom stereocenters. The second kappa shape index (κ2) is 5.03. The standard InChI is InChI=1S/C12H8ClN5OS/c13-7-3-1-6(2-4-7)9-5-8(10(19)16-15-9)11-17-18-12(14)20-11/h1-5H,(H2,14,18)(H,16,19). The fraction of sp³-hybridized carbons (Fsp3) is 0. The molecule has 1 aromatic carbocycles. The first kappa shape index (κ1) is 12.8. The maximum absolute atomic E-state index is 11.8. The van der Waals surface area contributed by atoms with Gasteiger partial charge in [0.1, 0.15) is 0 Å². The van der Waals surface area contributed by atoms with Crippen LogP contribution < -0.4 is 11.3 Å². The summed E-state index contributed by atoms with van der Waals surface area (Å²) in [6.45, 7) is 0. The van der Waals surface area contributed by atoms with E-state index in [0.717, 1.165) is 16.9 Å². The summed E-state index contributed by atoms with van der Waals surface area (Å²) in [7, 11) is 0. The second-order valence-corrected chi connectivity index (χ2v) is 5.39. The quantitative estimate of drug-likeness (QED) is 0.756. The number of aromatic nitrogens is 4. The molecule has 0 saturated heterocycles. The van der Waals surface area contributed by atoms with Gasteiger partial charge >= 0.3 is 0 Å². The number of nitrogens with zero attached hydrogens (tertiary/aromatic N) is 3. The van der Waals surface area contributed by atoms with Crippen LogP contribution in [0.25, 0.3) is 21.8 Å². The molecule has 0 spiro atoms. The van der Waals surface area contributed by atoms with Crippen molar-refractivity contribution in [3.63, 3.8) is 0 Å². The molecule has 3 N–H and O–H groups in total. The summed E-state index contributed by atoms with van der Waals surface area (Å²) in [6, 6.07) is 8.81. The Morgan fingerprint density at radius 3 is 2.60 bits per heavy atom. The fourth-order valence-electron chi connectivity index (χ4n) is 1.68. The predicted molar refractivity (Wildman–Crippen MR) is 78.6 cm³/mol. The lowest BCUT2D eigenvalue weighted by Crippen LogP contribution is -2.11. The van der Waals surface area contributed by atoms with E-state index >= 15 is 0 Å². The molecule has 8 heteroatoms. The lowest BCUT2D eigenvalue weighted by Gasteiger charge is -2.02. The van der Waals surface area contributed by atoms with Crippen molar-refractivity contribution in [2.24, 2.45) is 0 Å². The van der Waals surface area contributed by atoms with Gasteiger partial charge in [0.05, 0.1) is 11.3 Å². The first-order valence-electron chi connectivity index (χ1n) is 5.58. The summed E-state index contributed by atoms with van der Waals surface area (Å²) >= 11 is 6.99. The largest absolute Gasteiger partial charge is 0.374 e. The number of anilines is 1. The zero-order valence-corrected chi connectivity index (χ0v) is 11.6. The van der Waals surface area contributed by atoms with E-state index in [9.17, 15) is 4.79 Å². The Bertz CT molecular complexity index is 811. The van der Waals surface area contributed by atoms with E-state index in [1.807, 2.05) is 12.1 Å². The van der Waals surface area contributed by atoms with Crippen molar-refractivity contribution in [1.29, 1.82) is 0 Å². The van der Waals surface area contributed by atoms with E-state index < -0.39 is 0 Å². The van der Waals surface area contributed by atoms with Gasteiger partial charge in [0, 0.05) is 10.6 Å². The van der Waals surface area contributed by atoms with Crippen LogP contribution in [-0.4, -0.2) is 20.4 Å². The predicted octanol–water partition coefficient (Wildman–Crippen LogP) is 2.19. The molecule has 0 aliphatic heterocycles. The van der Waals surface area contributed by atoms with Crippen LogP contribution in [0.1, 0.15) is 0 Å². The Morgan fingerprint density at radius 1 is 1.20 bits per heavy atom. The molecule has 0 radical (unpaired) electrons. The molecule has 0 aliphatic rings. The van der Waals surface area contributed by atoms with Crippen LogP contribution in [0.4, 0.5) is 5.13 Å². The molecule has 3 rings (SSSR count). The van der Waals surface area contributed by atoms with Crippen molar-refractivity contribution in [1.82, 2.24) is 20.4 Å². The highest BCUT2D eigenvalue weighted by Gasteiger charge is 2.11. The molecule has 0 unspecified atom stereocenters. The topological polar surface area (TPSA) is 97.5 Å². The van der Waals surface area contributed by atoms with Crippen molar-refractivity contribution in [2.45, 2.75) is 0 Å². The number of halogens is 1. The average Bonchev–Trinajstić information content (AvgIpc) is 2.87. The van der Waals surface area contributed by atoms with Crippen LogP contribution in [0.3, 0.4) is 0 Å². The molecule has 100 valence electrons. The highest BCUT2D eigenvalue weighted by atomic mass is 35.5. The monoisotopic (exact) mass is 305 g/mol. The van der Waals surface area contributed by atoms with E-state index in [0.29, 0.717) is 26.4 Å². The fourth-order valence-corrected chi connectivity index (χ4v) is 2.43. The van der Waals surface area contributed by atoms with Crippen LogP contribution in [-0.2, 0) is 0 Å². The Morgan fingerprint density at radius 2 is 1.95 bits per heavy atom. The van der Waals surface area contributed by atoms with Gasteiger partial charge in [-0.25, -0.2) is 5.10 Å². The normalized spacial score (nSPS) is 10.7. The van der Waals surface area contributed by atoms with Crippen LogP contribution in [0.2, 0.25) is 5.02 Å². The number of hydrogen-bond donors (Lipinski definition) is 2. The highest BCUT2D eigenvalue weighted by Crippen LogP contribution is 2.25. The maximum Gasteiger partial charge on any atom is 0.274 e. The maximum atomic E-state index is 11.8. The molecular weight excluding hydrogens is 298 g/mol. The number of hydrogen-bond acceptors (Lipinski definition) is 6. The molecular formula is C12H8ClN5OS. The molecule has 2 heterocycles. The molecule has 3 aromatic rings. The van der Waals surface area contributed by atoms with Crippen LogP contribution in [0.15, 0.2) is 35.1 Å². The van der Waals surface area contributed by atoms with Gasteiger partial charge in [-0.2, -0.15) is 5.10 Å². The molecule has 0 fully saturated rings. The smallest absolute Gasteiger partial charge is 0.274 e. The van der Waals surface area contributed by atoms with Gasteiger partial charge in [-0.1, -0.05) is 35.1 Å². The van der Waals surface area contributed by atoms with Gasteiger partial charge in [0.15, 0.2) is 5.01 Å². The van der Waals surface area contributed by atoms with Crippen LogP contribution in [0, 0.1) is 0 Å². The summed E-state index contributed by atoms with van der Waals surface area (Å²) in [5.41, 5.74) is 7.04. The first-order valence-corrected chi connectivity index (χ1v) is 6.78. The lowest BCUT2D eigenvalue weighted by molar-refractivity contribution is 0.993. The zero-order valence-electron chi connectivity index (χ0n) is 10.0. The number of nitrogens with one attached hydrogen (secondary N) is 1. The number of H-pyrrole nitrogens is 1. The van der Waals surface area contributed by atoms with Gasteiger partial charge in [0.2, 0.25) is 5.13 Å². The summed E-state index contributed by atoms with van der Waals surface area (Å²) < 4.78 is 0. The SMILES string of the molecule is Nc1nnc(-c2cc(-c3ccc(Cl)cc3)n[nH]c2=O)s1. The van der Waals surface area contributed by atoms with Crippen molar-refractivity contribution in [2.75, 3.05) is 5.73 Å². The summed E-state index contributed by atoms with van der Waals surface area (Å²) in [5.74, 6) is 0. The third kappa shape index (κ3) is 2.40. The Kier molecular flexibility index (Phi) is 3.21. The summed E-state index contributed by atoms with van der Waals surface area (Å²) in [5, 5.41) is 15.4. The minimum atomic E-state index is -0.334. The minimum absolute atomic E-state index is 0.309. The molecule has 2 aromatic heterocycles. The van der Waals surface area contributed by atoms with Gasteiger partial charge in [0.25, 0.3) is 5.56 Å². The van der Waals surface area contributed by atoms with Crippen molar-refractivity contribution in [3.8, 4) is 21.8 Å². The van der Waals surface area contributed by atoms with Crippen LogP contribution in [0.5, 0.6) is 0 Å². The van der Waals surface area contributed by atoms with Gasteiger partial charge in [-0.15, -0.1) is 10.2 Å². The molecule has 0 aliphatic carbocycles. The number of aromatic amines is 1. The summed E-state index contributed by atoms with van der Waals surface area (Å²) in [4.78, 5) is 11.8. The zero-order chi connectivity index (χ0) is 14.1. The highest BCUT2D eigenvalue weighted by molar-refractivity contribution is 7.18.